The van der Waals surface area contributed by atoms with Crippen molar-refractivity contribution in [1.29, 1.82) is 5.26 Å². The quantitative estimate of drug-likeness (QED) is 0.502. The molecule has 4 aromatic rings. The lowest BCUT2D eigenvalue weighted by Crippen LogP contribution is -2.03. The van der Waals surface area contributed by atoms with Gasteiger partial charge < -0.3 is 4.74 Å². The Hall–Kier alpha value is -3.72. The predicted octanol–water partition coefficient (Wildman–Crippen LogP) is 5.04. The van der Waals surface area contributed by atoms with E-state index in [1.54, 1.807) is 24.3 Å². The average molecular weight is 375 g/mol. The van der Waals surface area contributed by atoms with Gasteiger partial charge in [0.1, 0.15) is 18.2 Å². The van der Waals surface area contributed by atoms with Gasteiger partial charge in [0, 0.05) is 11.8 Å². The molecule has 6 heteroatoms. The van der Waals surface area contributed by atoms with Gasteiger partial charge in [-0.05, 0) is 43.3 Å². The minimum Gasteiger partial charge on any atom is -0.485 e. The van der Waals surface area contributed by atoms with Crippen LogP contribution in [-0.2, 0) is 6.61 Å². The van der Waals surface area contributed by atoms with Gasteiger partial charge in [0.25, 0.3) is 0 Å². The number of pyridine rings is 1. The average Bonchev–Trinajstić information content (AvgIpc) is 3.04. The smallest absolute Gasteiger partial charge is 0.180 e. The lowest BCUT2D eigenvalue weighted by atomic mass is 10.1. The number of aromatic nitrogens is 2. The fourth-order valence-electron chi connectivity index (χ4n) is 3.14. The van der Waals surface area contributed by atoms with Crippen LogP contribution in [0.4, 0.5) is 8.78 Å². The molecular weight excluding hydrogens is 360 g/mol. The monoisotopic (exact) mass is 375 g/mol. The van der Waals surface area contributed by atoms with Crippen LogP contribution in [0.3, 0.4) is 0 Å². The summed E-state index contributed by atoms with van der Waals surface area (Å²) in [5.74, 6) is -0.873. The highest BCUT2D eigenvalue weighted by atomic mass is 19.1. The molecule has 0 atom stereocenters. The maximum Gasteiger partial charge on any atom is 0.180 e. The summed E-state index contributed by atoms with van der Waals surface area (Å²) in [7, 11) is 0. The Kier molecular flexibility index (Phi) is 4.50. The summed E-state index contributed by atoms with van der Waals surface area (Å²) in [5.41, 5.74) is 3.54. The standard InChI is InChI=1S/C22H15F2N3O/c1-14-21(16-9-7-15(12-25)8-10-16)27-11-3-6-20(22(27)26-14)28-13-17-18(23)4-2-5-19(17)24/h2-11H,13H2,1H3. The number of ether oxygens (including phenoxy) is 1. The van der Waals surface area contributed by atoms with Gasteiger partial charge in [-0.25, -0.2) is 13.8 Å². The highest BCUT2D eigenvalue weighted by Crippen LogP contribution is 2.30. The van der Waals surface area contributed by atoms with Gasteiger partial charge in [0.05, 0.1) is 28.6 Å². The lowest BCUT2D eigenvalue weighted by Gasteiger charge is -2.10. The molecule has 0 saturated carbocycles. The molecule has 0 saturated heterocycles. The minimum absolute atomic E-state index is 0.125. The molecule has 0 spiro atoms. The number of hydrogen-bond acceptors (Lipinski definition) is 3. The third-order valence-electron chi connectivity index (χ3n) is 4.51. The maximum atomic E-state index is 13.9. The van der Waals surface area contributed by atoms with E-state index in [2.05, 4.69) is 11.1 Å². The molecule has 138 valence electrons. The molecule has 0 aliphatic heterocycles. The van der Waals surface area contributed by atoms with Crippen LogP contribution in [0.5, 0.6) is 5.75 Å². The van der Waals surface area contributed by atoms with Crippen LogP contribution in [0.2, 0.25) is 0 Å². The Balaban J connectivity index is 1.72. The van der Waals surface area contributed by atoms with Crippen molar-refractivity contribution < 1.29 is 13.5 Å². The SMILES string of the molecule is Cc1nc2c(OCc3c(F)cccc3F)cccn2c1-c1ccc(C#N)cc1. The van der Waals surface area contributed by atoms with Crippen molar-refractivity contribution in [3.63, 3.8) is 0 Å². The Morgan fingerprint density at radius 3 is 2.43 bits per heavy atom. The van der Waals surface area contributed by atoms with E-state index >= 15 is 0 Å². The van der Waals surface area contributed by atoms with Crippen LogP contribution in [0.15, 0.2) is 60.8 Å². The van der Waals surface area contributed by atoms with Crippen molar-refractivity contribution in [1.82, 2.24) is 9.38 Å². The molecule has 4 nitrogen and oxygen atoms in total. The number of rotatable bonds is 4. The van der Waals surface area contributed by atoms with Crippen molar-refractivity contribution in [3.05, 3.63) is 89.2 Å². The molecule has 2 aromatic heterocycles. The van der Waals surface area contributed by atoms with Gasteiger partial charge in [-0.1, -0.05) is 18.2 Å². The maximum absolute atomic E-state index is 13.9. The minimum atomic E-state index is -0.648. The number of nitriles is 1. The summed E-state index contributed by atoms with van der Waals surface area (Å²) < 4.78 is 35.3. The Labute approximate surface area is 160 Å². The van der Waals surface area contributed by atoms with E-state index in [0.29, 0.717) is 17.0 Å². The van der Waals surface area contributed by atoms with E-state index in [4.69, 9.17) is 10.00 Å². The largest absolute Gasteiger partial charge is 0.485 e. The topological polar surface area (TPSA) is 50.3 Å². The van der Waals surface area contributed by atoms with E-state index in [-0.39, 0.29) is 12.2 Å². The Morgan fingerprint density at radius 1 is 1.04 bits per heavy atom. The Morgan fingerprint density at radius 2 is 1.75 bits per heavy atom. The van der Waals surface area contributed by atoms with Crippen LogP contribution < -0.4 is 4.74 Å². The first-order valence-corrected chi connectivity index (χ1v) is 8.62. The third-order valence-corrected chi connectivity index (χ3v) is 4.51. The number of imidazole rings is 1. The summed E-state index contributed by atoms with van der Waals surface area (Å²) >= 11 is 0. The predicted molar refractivity (Wildman–Crippen MR) is 101 cm³/mol. The number of nitrogens with zero attached hydrogens (tertiary/aromatic N) is 3. The van der Waals surface area contributed by atoms with Crippen molar-refractivity contribution >= 4 is 5.65 Å². The summed E-state index contributed by atoms with van der Waals surface area (Å²) in [6.45, 7) is 1.64. The molecule has 28 heavy (non-hydrogen) atoms. The van der Waals surface area contributed by atoms with Crippen LogP contribution in [0, 0.1) is 29.9 Å². The van der Waals surface area contributed by atoms with Gasteiger partial charge >= 0.3 is 0 Å². The molecule has 0 radical (unpaired) electrons. The lowest BCUT2D eigenvalue weighted by molar-refractivity contribution is 0.294. The zero-order valence-electron chi connectivity index (χ0n) is 15.0. The second-order valence-corrected chi connectivity index (χ2v) is 6.29. The molecule has 0 bridgehead atoms. The fourth-order valence-corrected chi connectivity index (χ4v) is 3.14. The van der Waals surface area contributed by atoms with Gasteiger partial charge in [-0.3, -0.25) is 4.40 Å². The molecule has 0 aliphatic rings. The highest BCUT2D eigenvalue weighted by molar-refractivity contribution is 5.70. The van der Waals surface area contributed by atoms with Crippen LogP contribution in [-0.4, -0.2) is 9.38 Å². The summed E-state index contributed by atoms with van der Waals surface area (Å²) in [4.78, 5) is 4.57. The van der Waals surface area contributed by atoms with Crippen molar-refractivity contribution in [2.24, 2.45) is 0 Å². The summed E-state index contributed by atoms with van der Waals surface area (Å²) in [6.07, 6.45) is 1.85. The van der Waals surface area contributed by atoms with Gasteiger partial charge in [0.15, 0.2) is 11.4 Å². The second-order valence-electron chi connectivity index (χ2n) is 6.29. The number of halogens is 2. The van der Waals surface area contributed by atoms with Gasteiger partial charge in [-0.15, -0.1) is 0 Å². The third kappa shape index (κ3) is 3.08. The molecule has 0 aliphatic carbocycles. The van der Waals surface area contributed by atoms with Crippen LogP contribution in [0.25, 0.3) is 16.9 Å². The normalized spacial score (nSPS) is 10.8. The fraction of sp³-hybridized carbons (Fsp3) is 0.0909. The highest BCUT2D eigenvalue weighted by Gasteiger charge is 2.16. The first kappa shape index (κ1) is 17.7. The van der Waals surface area contributed by atoms with Crippen LogP contribution in [0.1, 0.15) is 16.8 Å². The zero-order valence-corrected chi connectivity index (χ0v) is 15.0. The second kappa shape index (κ2) is 7.12. The number of aryl methyl sites for hydroxylation is 1. The number of fused-ring (bicyclic) bond motifs is 1. The van der Waals surface area contributed by atoms with E-state index < -0.39 is 11.6 Å². The summed E-state index contributed by atoms with van der Waals surface area (Å²) in [5, 5.41) is 8.98. The van der Waals surface area contributed by atoms with Crippen molar-refractivity contribution in [2.45, 2.75) is 13.5 Å². The van der Waals surface area contributed by atoms with Gasteiger partial charge in [-0.2, -0.15) is 5.26 Å². The summed E-state index contributed by atoms with van der Waals surface area (Å²) in [6, 6.07) is 16.5. The molecule has 2 heterocycles. The van der Waals surface area contributed by atoms with E-state index in [0.717, 1.165) is 17.0 Å². The first-order chi connectivity index (χ1) is 13.6. The molecule has 0 unspecified atom stereocenters. The zero-order chi connectivity index (χ0) is 19.7. The van der Waals surface area contributed by atoms with Gasteiger partial charge in [0.2, 0.25) is 0 Å². The van der Waals surface area contributed by atoms with E-state index in [1.165, 1.54) is 18.2 Å². The van der Waals surface area contributed by atoms with Crippen LogP contribution >= 0.6 is 0 Å². The molecular formula is C22H15F2N3O. The number of benzene rings is 2. The van der Waals surface area contributed by atoms with Crippen molar-refractivity contribution in [3.8, 4) is 23.1 Å². The Bertz CT molecular complexity index is 1190. The molecule has 0 N–H and O–H groups in total. The molecule has 0 fully saturated rings. The molecule has 2 aromatic carbocycles. The first-order valence-electron chi connectivity index (χ1n) is 8.62. The van der Waals surface area contributed by atoms with E-state index in [1.807, 2.05) is 29.7 Å². The number of hydrogen-bond donors (Lipinski definition) is 0. The molecule has 0 amide bonds. The van der Waals surface area contributed by atoms with E-state index in [9.17, 15) is 8.78 Å². The molecule has 4 rings (SSSR count). The van der Waals surface area contributed by atoms with Crippen molar-refractivity contribution in [2.75, 3.05) is 0 Å².